The van der Waals surface area contributed by atoms with Crippen molar-refractivity contribution in [2.75, 3.05) is 6.61 Å². The van der Waals surface area contributed by atoms with Crippen LogP contribution in [0.2, 0.25) is 0 Å². The van der Waals surface area contributed by atoms with Crippen LogP contribution in [0.1, 0.15) is 27.9 Å². The number of carbonyl (C=O) groups is 2. The standard InChI is InChI=1S/C12H14N2O3/c1-4-17-12(16)11-6-10-9(14(11)3)5-8(7-15)13(10)2/h5-7H,4H2,1-3H3. The van der Waals surface area contributed by atoms with Crippen LogP contribution in [0.5, 0.6) is 0 Å². The fourth-order valence-corrected chi connectivity index (χ4v) is 1.93. The molecule has 2 rings (SSSR count). The molecule has 90 valence electrons. The zero-order chi connectivity index (χ0) is 12.6. The van der Waals surface area contributed by atoms with Crippen LogP contribution < -0.4 is 0 Å². The first kappa shape index (κ1) is 11.4. The third-order valence-corrected chi connectivity index (χ3v) is 2.90. The molecule has 0 spiro atoms. The Morgan fingerprint density at radius 1 is 1.29 bits per heavy atom. The van der Waals surface area contributed by atoms with E-state index in [2.05, 4.69) is 0 Å². The van der Waals surface area contributed by atoms with E-state index in [-0.39, 0.29) is 5.97 Å². The van der Waals surface area contributed by atoms with E-state index in [0.29, 0.717) is 18.0 Å². The van der Waals surface area contributed by atoms with Crippen molar-refractivity contribution in [3.8, 4) is 0 Å². The first-order valence-electron chi connectivity index (χ1n) is 5.37. The maximum Gasteiger partial charge on any atom is 0.355 e. The van der Waals surface area contributed by atoms with Crippen LogP contribution in [0.15, 0.2) is 12.1 Å². The molecule has 5 nitrogen and oxygen atoms in total. The molecule has 0 bridgehead atoms. The van der Waals surface area contributed by atoms with E-state index >= 15 is 0 Å². The number of aromatic nitrogens is 2. The summed E-state index contributed by atoms with van der Waals surface area (Å²) < 4.78 is 8.46. The Bertz CT molecular complexity index is 592. The second kappa shape index (κ2) is 4.08. The van der Waals surface area contributed by atoms with Crippen LogP contribution in [0, 0.1) is 0 Å². The summed E-state index contributed by atoms with van der Waals surface area (Å²) in [4.78, 5) is 22.5. The second-order valence-electron chi connectivity index (χ2n) is 3.83. The molecule has 2 heterocycles. The number of rotatable bonds is 3. The van der Waals surface area contributed by atoms with E-state index in [0.717, 1.165) is 17.3 Å². The van der Waals surface area contributed by atoms with Gasteiger partial charge in [0.25, 0.3) is 0 Å². The van der Waals surface area contributed by atoms with Gasteiger partial charge in [-0.05, 0) is 19.1 Å². The Labute approximate surface area is 98.6 Å². The van der Waals surface area contributed by atoms with Crippen molar-refractivity contribution < 1.29 is 14.3 Å². The van der Waals surface area contributed by atoms with Gasteiger partial charge in [-0.3, -0.25) is 4.79 Å². The topological polar surface area (TPSA) is 53.2 Å². The second-order valence-corrected chi connectivity index (χ2v) is 3.83. The number of aldehydes is 1. The number of nitrogens with zero attached hydrogens (tertiary/aromatic N) is 2. The van der Waals surface area contributed by atoms with Gasteiger partial charge in [0.05, 0.1) is 23.3 Å². The molecule has 0 radical (unpaired) electrons. The summed E-state index contributed by atoms with van der Waals surface area (Å²) in [6, 6.07) is 3.49. The van der Waals surface area contributed by atoms with Crippen LogP contribution in [0.3, 0.4) is 0 Å². The minimum atomic E-state index is -0.348. The number of aryl methyl sites for hydroxylation is 2. The summed E-state index contributed by atoms with van der Waals surface area (Å²) in [6.45, 7) is 2.12. The van der Waals surface area contributed by atoms with Crippen molar-refractivity contribution in [2.45, 2.75) is 6.92 Å². The molecule has 0 fully saturated rings. The van der Waals surface area contributed by atoms with E-state index in [1.54, 1.807) is 42.3 Å². The normalized spacial score (nSPS) is 10.8. The monoisotopic (exact) mass is 234 g/mol. The van der Waals surface area contributed by atoms with Crippen molar-refractivity contribution in [1.29, 1.82) is 0 Å². The lowest BCUT2D eigenvalue weighted by atomic mass is 10.4. The molecule has 17 heavy (non-hydrogen) atoms. The first-order valence-corrected chi connectivity index (χ1v) is 5.37. The molecule has 0 atom stereocenters. The number of esters is 1. The van der Waals surface area contributed by atoms with Gasteiger partial charge in [-0.1, -0.05) is 0 Å². The van der Waals surface area contributed by atoms with Gasteiger partial charge in [-0.25, -0.2) is 4.79 Å². The fraction of sp³-hybridized carbons (Fsp3) is 0.333. The summed E-state index contributed by atoms with van der Waals surface area (Å²) in [5, 5.41) is 0. The molecule has 0 aliphatic carbocycles. The average molecular weight is 234 g/mol. The Balaban J connectivity index is 2.59. The van der Waals surface area contributed by atoms with E-state index in [1.165, 1.54) is 0 Å². The Morgan fingerprint density at radius 2 is 1.94 bits per heavy atom. The van der Waals surface area contributed by atoms with Gasteiger partial charge < -0.3 is 13.9 Å². The molecule has 0 unspecified atom stereocenters. The summed E-state index contributed by atoms with van der Waals surface area (Å²) in [5.41, 5.74) is 2.77. The Hall–Kier alpha value is -2.04. The van der Waals surface area contributed by atoms with Crippen LogP contribution in [-0.4, -0.2) is 28.0 Å². The van der Waals surface area contributed by atoms with Gasteiger partial charge in [0.1, 0.15) is 5.69 Å². The molecule has 0 aromatic carbocycles. The molecule has 0 aliphatic rings. The Morgan fingerprint density at radius 3 is 2.47 bits per heavy atom. The van der Waals surface area contributed by atoms with E-state index in [1.807, 2.05) is 0 Å². The van der Waals surface area contributed by atoms with Crippen LogP contribution >= 0.6 is 0 Å². The quantitative estimate of drug-likeness (QED) is 0.597. The molecule has 2 aromatic rings. The maximum atomic E-state index is 11.7. The highest BCUT2D eigenvalue weighted by molar-refractivity contribution is 5.96. The molecule has 0 amide bonds. The zero-order valence-corrected chi connectivity index (χ0v) is 10.1. The van der Waals surface area contributed by atoms with Gasteiger partial charge in [-0.15, -0.1) is 0 Å². The van der Waals surface area contributed by atoms with Crippen LogP contribution in [0.25, 0.3) is 11.0 Å². The predicted octanol–water partition coefficient (Wildman–Crippen LogP) is 1.51. The summed E-state index contributed by atoms with van der Waals surface area (Å²) >= 11 is 0. The highest BCUT2D eigenvalue weighted by Gasteiger charge is 2.17. The average Bonchev–Trinajstić information content (AvgIpc) is 2.78. The summed E-state index contributed by atoms with van der Waals surface area (Å²) in [5.74, 6) is -0.348. The minimum absolute atomic E-state index is 0.347. The van der Waals surface area contributed by atoms with E-state index in [9.17, 15) is 9.59 Å². The summed E-state index contributed by atoms with van der Waals surface area (Å²) in [7, 11) is 3.57. The number of fused-ring (bicyclic) bond motifs is 1. The van der Waals surface area contributed by atoms with Gasteiger partial charge in [0, 0.05) is 14.1 Å². The van der Waals surface area contributed by atoms with Crippen LogP contribution in [0.4, 0.5) is 0 Å². The molecular weight excluding hydrogens is 220 g/mol. The van der Waals surface area contributed by atoms with Gasteiger partial charge >= 0.3 is 5.97 Å². The van der Waals surface area contributed by atoms with Gasteiger partial charge in [0.2, 0.25) is 0 Å². The van der Waals surface area contributed by atoms with Crippen molar-refractivity contribution >= 4 is 23.3 Å². The van der Waals surface area contributed by atoms with Gasteiger partial charge in [-0.2, -0.15) is 0 Å². The number of carbonyl (C=O) groups excluding carboxylic acids is 2. The lowest BCUT2D eigenvalue weighted by Crippen LogP contribution is -2.09. The molecule has 0 saturated heterocycles. The van der Waals surface area contributed by atoms with Crippen molar-refractivity contribution in [2.24, 2.45) is 14.1 Å². The fourth-order valence-electron chi connectivity index (χ4n) is 1.93. The predicted molar refractivity (Wildman–Crippen MR) is 63.2 cm³/mol. The number of hydrogen-bond donors (Lipinski definition) is 0. The Kier molecular flexibility index (Phi) is 2.75. The highest BCUT2D eigenvalue weighted by atomic mass is 16.5. The number of ether oxygens (including phenoxy) is 1. The molecule has 2 aromatic heterocycles. The van der Waals surface area contributed by atoms with E-state index < -0.39 is 0 Å². The molecule has 0 aliphatic heterocycles. The van der Waals surface area contributed by atoms with Crippen molar-refractivity contribution in [3.05, 3.63) is 23.5 Å². The number of hydrogen-bond acceptors (Lipinski definition) is 3. The highest BCUT2D eigenvalue weighted by Crippen LogP contribution is 2.22. The lowest BCUT2D eigenvalue weighted by molar-refractivity contribution is 0.0516. The van der Waals surface area contributed by atoms with Crippen LogP contribution in [-0.2, 0) is 18.8 Å². The SMILES string of the molecule is CCOC(=O)c1cc2c(cc(C=O)n2C)n1C. The van der Waals surface area contributed by atoms with Crippen molar-refractivity contribution in [3.63, 3.8) is 0 Å². The summed E-state index contributed by atoms with van der Waals surface area (Å²) in [6.07, 6.45) is 0.796. The molecule has 0 saturated carbocycles. The molecular formula is C12H14N2O3. The van der Waals surface area contributed by atoms with Crippen molar-refractivity contribution in [1.82, 2.24) is 9.13 Å². The van der Waals surface area contributed by atoms with Gasteiger partial charge in [0.15, 0.2) is 6.29 Å². The third kappa shape index (κ3) is 1.63. The molecule has 5 heteroatoms. The zero-order valence-electron chi connectivity index (χ0n) is 10.1. The first-order chi connectivity index (χ1) is 8.10. The largest absolute Gasteiger partial charge is 0.461 e. The maximum absolute atomic E-state index is 11.7. The lowest BCUT2D eigenvalue weighted by Gasteiger charge is -2.02. The van der Waals surface area contributed by atoms with E-state index in [4.69, 9.17) is 4.74 Å². The third-order valence-electron chi connectivity index (χ3n) is 2.90. The minimum Gasteiger partial charge on any atom is -0.461 e. The molecule has 0 N–H and O–H groups in total. The smallest absolute Gasteiger partial charge is 0.355 e.